The topological polar surface area (TPSA) is 89.4 Å². The van der Waals surface area contributed by atoms with Gasteiger partial charge in [0.1, 0.15) is 0 Å². The maximum Gasteiger partial charge on any atom is 0.258 e. The van der Waals surface area contributed by atoms with Gasteiger partial charge in [0.2, 0.25) is 0 Å². The van der Waals surface area contributed by atoms with Crippen LogP contribution in [0.5, 0.6) is 5.75 Å². The quantitative estimate of drug-likeness (QED) is 0.713. The fourth-order valence-electron chi connectivity index (χ4n) is 3.44. The Morgan fingerprint density at radius 2 is 2.11 bits per heavy atom. The molecule has 1 atom stereocenters. The average Bonchev–Trinajstić information content (AvgIpc) is 3.20. The summed E-state index contributed by atoms with van der Waals surface area (Å²) in [5, 5.41) is 5.51. The Kier molecular flexibility index (Phi) is 3.90. The molecule has 0 spiro atoms. The highest BCUT2D eigenvalue weighted by Crippen LogP contribution is 2.33. The Hall–Kier alpha value is -3.20. The highest BCUT2D eigenvalue weighted by atomic mass is 32.2. The second-order valence-electron chi connectivity index (χ2n) is 6.72. The van der Waals surface area contributed by atoms with Gasteiger partial charge in [0.15, 0.2) is 27.6 Å². The van der Waals surface area contributed by atoms with E-state index in [2.05, 4.69) is 19.7 Å². The van der Waals surface area contributed by atoms with Crippen LogP contribution in [-0.4, -0.2) is 45.1 Å². The van der Waals surface area contributed by atoms with Gasteiger partial charge >= 0.3 is 0 Å². The molecule has 8 nitrogen and oxygen atoms in total. The first-order valence-electron chi connectivity index (χ1n) is 8.87. The molecule has 0 radical (unpaired) electrons. The van der Waals surface area contributed by atoms with Crippen LogP contribution in [0, 0.1) is 0 Å². The summed E-state index contributed by atoms with van der Waals surface area (Å²) in [4.78, 5) is 18.1. The molecule has 0 fully saturated rings. The molecule has 1 amide bonds. The van der Waals surface area contributed by atoms with Gasteiger partial charge in [-0.25, -0.2) is 13.9 Å². The van der Waals surface area contributed by atoms with Gasteiger partial charge in [-0.15, -0.1) is 0 Å². The highest BCUT2D eigenvalue weighted by Gasteiger charge is 2.23. The summed E-state index contributed by atoms with van der Waals surface area (Å²) in [5.74, 6) is 1.25. The van der Waals surface area contributed by atoms with Crippen LogP contribution in [-0.2, 0) is 15.8 Å². The van der Waals surface area contributed by atoms with Gasteiger partial charge in [-0.2, -0.15) is 5.10 Å². The minimum Gasteiger partial charge on any atom is -0.490 e. The van der Waals surface area contributed by atoms with Crippen LogP contribution in [0.25, 0.3) is 27.1 Å². The number of pyridine rings is 1. The smallest absolute Gasteiger partial charge is 0.258 e. The molecule has 9 heteroatoms. The Bertz CT molecular complexity index is 1170. The van der Waals surface area contributed by atoms with Crippen molar-refractivity contribution >= 4 is 38.6 Å². The Labute approximate surface area is 163 Å². The molecule has 0 saturated carbocycles. The van der Waals surface area contributed by atoms with E-state index in [1.807, 2.05) is 37.5 Å². The summed E-state index contributed by atoms with van der Waals surface area (Å²) in [5.41, 5.74) is 2.70. The number of carbonyl (C=O) groups excluding carboxylic acids is 1. The maximum absolute atomic E-state index is 12.0. The molecule has 2 aliphatic heterocycles. The lowest BCUT2D eigenvalue weighted by atomic mass is 10.1. The van der Waals surface area contributed by atoms with E-state index in [9.17, 15) is 9.00 Å². The minimum absolute atomic E-state index is 0.330. The van der Waals surface area contributed by atoms with E-state index >= 15 is 0 Å². The van der Waals surface area contributed by atoms with Gasteiger partial charge in [-0.1, -0.05) is 6.07 Å². The van der Waals surface area contributed by atoms with E-state index in [0.717, 1.165) is 46.6 Å². The average molecular weight is 395 g/mol. The van der Waals surface area contributed by atoms with Gasteiger partial charge in [-0.05, 0) is 30.2 Å². The molecule has 4 heterocycles. The zero-order valence-electron chi connectivity index (χ0n) is 15.1. The van der Waals surface area contributed by atoms with Crippen molar-refractivity contribution in [3.8, 4) is 16.9 Å². The SMILES string of the molecule is CN1CCCOc2cc(-c3ccc4c(cnn4C4=CC(=O)NS4=O)c3)cnc21. The van der Waals surface area contributed by atoms with Crippen LogP contribution in [0.4, 0.5) is 5.82 Å². The molecule has 28 heavy (non-hydrogen) atoms. The molecular formula is C19H17N5O3S. The van der Waals surface area contributed by atoms with E-state index < -0.39 is 11.0 Å². The lowest BCUT2D eigenvalue weighted by molar-refractivity contribution is -0.114. The van der Waals surface area contributed by atoms with E-state index in [1.165, 1.54) is 10.8 Å². The standard InChI is InChI=1S/C19H17N5O3S/c1-23-5-2-6-27-16-8-13(10-20-19(16)23)12-3-4-15-14(7-12)11-21-24(15)18-9-17(25)22-28(18)26/h3-4,7-11H,2,5-6H2,1H3,(H,22,25). The normalized spacial score (nSPS) is 19.0. The molecule has 3 aromatic rings. The number of carbonyl (C=O) groups is 1. The number of hydrogen-bond donors (Lipinski definition) is 1. The number of rotatable bonds is 2. The van der Waals surface area contributed by atoms with Crippen molar-refractivity contribution in [2.45, 2.75) is 6.42 Å². The fourth-order valence-corrected chi connectivity index (χ4v) is 4.31. The number of amides is 1. The van der Waals surface area contributed by atoms with Gasteiger partial charge in [0, 0.05) is 36.8 Å². The van der Waals surface area contributed by atoms with Gasteiger partial charge < -0.3 is 9.64 Å². The number of nitrogens with one attached hydrogen (secondary N) is 1. The molecule has 0 bridgehead atoms. The monoisotopic (exact) mass is 395 g/mol. The molecule has 2 aliphatic rings. The van der Waals surface area contributed by atoms with Crippen LogP contribution in [0.3, 0.4) is 0 Å². The van der Waals surface area contributed by atoms with Crippen molar-refractivity contribution in [2.75, 3.05) is 25.1 Å². The van der Waals surface area contributed by atoms with Crippen LogP contribution in [0.2, 0.25) is 0 Å². The number of aromatic nitrogens is 3. The number of ether oxygens (including phenoxy) is 1. The molecular weight excluding hydrogens is 378 g/mol. The second kappa shape index (κ2) is 6.45. The van der Waals surface area contributed by atoms with Crippen molar-refractivity contribution in [3.63, 3.8) is 0 Å². The van der Waals surface area contributed by atoms with Crippen molar-refractivity contribution in [3.05, 3.63) is 42.7 Å². The number of benzene rings is 1. The fraction of sp³-hybridized carbons (Fsp3) is 0.211. The summed E-state index contributed by atoms with van der Waals surface area (Å²) in [6, 6.07) is 7.86. The molecule has 0 saturated heterocycles. The summed E-state index contributed by atoms with van der Waals surface area (Å²) >= 11 is 0. The van der Waals surface area contributed by atoms with Gasteiger partial charge in [0.05, 0.1) is 18.3 Å². The molecule has 1 N–H and O–H groups in total. The van der Waals surface area contributed by atoms with Crippen molar-refractivity contribution in [2.24, 2.45) is 0 Å². The summed E-state index contributed by atoms with van der Waals surface area (Å²) in [6.07, 6.45) is 5.80. The summed E-state index contributed by atoms with van der Waals surface area (Å²) in [6.45, 7) is 1.59. The second-order valence-corrected chi connectivity index (χ2v) is 7.88. The third kappa shape index (κ3) is 2.75. The van der Waals surface area contributed by atoms with E-state index in [4.69, 9.17) is 4.74 Å². The molecule has 2 aromatic heterocycles. The third-order valence-electron chi connectivity index (χ3n) is 4.84. The number of nitrogens with zero attached hydrogens (tertiary/aromatic N) is 4. The third-order valence-corrected chi connectivity index (χ3v) is 5.90. The first-order chi connectivity index (χ1) is 13.6. The van der Waals surface area contributed by atoms with Gasteiger partial charge in [0.25, 0.3) is 5.91 Å². The molecule has 1 unspecified atom stereocenters. The van der Waals surface area contributed by atoms with Crippen LogP contribution in [0.1, 0.15) is 6.42 Å². The lowest BCUT2D eigenvalue weighted by Gasteiger charge is -2.17. The molecule has 1 aromatic carbocycles. The van der Waals surface area contributed by atoms with E-state index in [1.54, 1.807) is 6.20 Å². The number of hydrogen-bond acceptors (Lipinski definition) is 6. The zero-order valence-corrected chi connectivity index (χ0v) is 15.9. The highest BCUT2D eigenvalue weighted by molar-refractivity contribution is 7.93. The summed E-state index contributed by atoms with van der Waals surface area (Å²) < 4.78 is 21.8. The first kappa shape index (κ1) is 16.9. The molecule has 5 rings (SSSR count). The lowest BCUT2D eigenvalue weighted by Crippen LogP contribution is -2.18. The predicted molar refractivity (Wildman–Crippen MR) is 107 cm³/mol. The zero-order chi connectivity index (χ0) is 19.3. The van der Waals surface area contributed by atoms with Crippen LogP contribution >= 0.6 is 0 Å². The molecule has 0 aliphatic carbocycles. The maximum atomic E-state index is 12.0. The number of fused-ring (bicyclic) bond motifs is 2. The summed E-state index contributed by atoms with van der Waals surface area (Å²) in [7, 11) is 0.422. The first-order valence-corrected chi connectivity index (χ1v) is 10.0. The van der Waals surface area contributed by atoms with Crippen molar-refractivity contribution in [1.29, 1.82) is 0 Å². The predicted octanol–water partition coefficient (Wildman–Crippen LogP) is 1.91. The van der Waals surface area contributed by atoms with E-state index in [-0.39, 0.29) is 5.91 Å². The Balaban J connectivity index is 1.55. The van der Waals surface area contributed by atoms with Crippen LogP contribution < -0.4 is 14.4 Å². The number of anilines is 1. The minimum atomic E-state index is -1.59. The van der Waals surface area contributed by atoms with Crippen LogP contribution in [0.15, 0.2) is 42.7 Å². The van der Waals surface area contributed by atoms with E-state index in [0.29, 0.717) is 11.6 Å². The molecule has 142 valence electrons. The Morgan fingerprint density at radius 3 is 2.93 bits per heavy atom. The Morgan fingerprint density at radius 1 is 1.21 bits per heavy atom. The largest absolute Gasteiger partial charge is 0.490 e. The van der Waals surface area contributed by atoms with Crippen molar-refractivity contribution in [1.82, 2.24) is 19.5 Å². The van der Waals surface area contributed by atoms with Crippen molar-refractivity contribution < 1.29 is 13.7 Å². The van der Waals surface area contributed by atoms with Gasteiger partial charge in [-0.3, -0.25) is 9.52 Å².